The van der Waals surface area contributed by atoms with Crippen molar-refractivity contribution in [3.63, 3.8) is 0 Å². The number of hydrogen-bond donors (Lipinski definition) is 1. The zero-order valence-corrected chi connectivity index (χ0v) is 17.3. The first-order valence-electron chi connectivity index (χ1n) is 10.3. The number of amides is 1. The fourth-order valence-corrected chi connectivity index (χ4v) is 6.06. The van der Waals surface area contributed by atoms with Crippen LogP contribution in [0.5, 0.6) is 0 Å². The summed E-state index contributed by atoms with van der Waals surface area (Å²) in [5.74, 6) is 1.24. The molecular weight excluding hydrogens is 360 g/mol. The SMILES string of the molecule is C[C@H]1[C@H](C)CCC[C@@H]1NS(=O)(=O)c1ccc2c(c1)C[C@@H](C)N2C(=O)C1CC1. The van der Waals surface area contributed by atoms with E-state index < -0.39 is 10.0 Å². The predicted octanol–water partition coefficient (Wildman–Crippen LogP) is 3.48. The van der Waals surface area contributed by atoms with E-state index in [0.717, 1.165) is 36.9 Å². The molecule has 3 aliphatic rings. The number of carbonyl (C=O) groups excluding carboxylic acids is 1. The molecule has 148 valence electrons. The van der Waals surface area contributed by atoms with E-state index in [9.17, 15) is 13.2 Å². The summed E-state index contributed by atoms with van der Waals surface area (Å²) < 4.78 is 28.9. The van der Waals surface area contributed by atoms with Gasteiger partial charge < -0.3 is 4.90 Å². The van der Waals surface area contributed by atoms with Crippen LogP contribution < -0.4 is 9.62 Å². The topological polar surface area (TPSA) is 66.5 Å². The fourth-order valence-electron chi connectivity index (χ4n) is 4.65. The Morgan fingerprint density at radius 2 is 1.85 bits per heavy atom. The van der Waals surface area contributed by atoms with E-state index in [1.807, 2.05) is 17.9 Å². The minimum absolute atomic E-state index is 0.00105. The quantitative estimate of drug-likeness (QED) is 0.856. The second-order valence-corrected chi connectivity index (χ2v) is 10.5. The molecule has 2 aliphatic carbocycles. The summed E-state index contributed by atoms with van der Waals surface area (Å²) in [4.78, 5) is 14.8. The Morgan fingerprint density at radius 1 is 1.11 bits per heavy atom. The van der Waals surface area contributed by atoms with Crippen molar-refractivity contribution in [3.8, 4) is 0 Å². The second-order valence-electron chi connectivity index (χ2n) is 8.82. The van der Waals surface area contributed by atoms with Crippen LogP contribution >= 0.6 is 0 Å². The van der Waals surface area contributed by atoms with E-state index in [1.165, 1.54) is 6.42 Å². The van der Waals surface area contributed by atoms with Gasteiger partial charge in [0.1, 0.15) is 0 Å². The Labute approximate surface area is 162 Å². The van der Waals surface area contributed by atoms with Gasteiger partial charge in [0.25, 0.3) is 0 Å². The van der Waals surface area contributed by atoms with E-state index in [1.54, 1.807) is 12.1 Å². The molecule has 1 aromatic rings. The minimum atomic E-state index is -3.55. The van der Waals surface area contributed by atoms with E-state index in [4.69, 9.17) is 0 Å². The first kappa shape index (κ1) is 18.9. The van der Waals surface area contributed by atoms with Crippen molar-refractivity contribution in [3.05, 3.63) is 23.8 Å². The van der Waals surface area contributed by atoms with E-state index >= 15 is 0 Å². The van der Waals surface area contributed by atoms with Crippen molar-refractivity contribution in [1.82, 2.24) is 4.72 Å². The van der Waals surface area contributed by atoms with Crippen LogP contribution in [-0.4, -0.2) is 26.4 Å². The molecule has 1 amide bonds. The van der Waals surface area contributed by atoms with E-state index in [2.05, 4.69) is 18.6 Å². The zero-order chi connectivity index (χ0) is 19.3. The zero-order valence-electron chi connectivity index (χ0n) is 16.4. The monoisotopic (exact) mass is 390 g/mol. The Hall–Kier alpha value is -1.40. The summed E-state index contributed by atoms with van der Waals surface area (Å²) in [5.41, 5.74) is 1.85. The van der Waals surface area contributed by atoms with Gasteiger partial charge in [0.05, 0.1) is 4.90 Å². The molecule has 5 nitrogen and oxygen atoms in total. The molecule has 1 heterocycles. The van der Waals surface area contributed by atoms with Gasteiger partial charge in [0.15, 0.2) is 0 Å². The first-order chi connectivity index (χ1) is 12.8. The molecule has 0 saturated heterocycles. The van der Waals surface area contributed by atoms with Crippen molar-refractivity contribution in [1.29, 1.82) is 0 Å². The Bertz CT molecular complexity index is 847. The van der Waals surface area contributed by atoms with E-state index in [-0.39, 0.29) is 23.9 Å². The summed E-state index contributed by atoms with van der Waals surface area (Å²) in [6.07, 6.45) is 5.81. The number of sulfonamides is 1. The molecule has 0 spiro atoms. The van der Waals surface area contributed by atoms with Crippen LogP contribution in [0.25, 0.3) is 0 Å². The van der Waals surface area contributed by atoms with Crippen LogP contribution in [-0.2, 0) is 21.2 Å². The number of anilines is 1. The lowest BCUT2D eigenvalue weighted by molar-refractivity contribution is -0.120. The predicted molar refractivity (Wildman–Crippen MR) is 106 cm³/mol. The molecular formula is C21H30N2O3S. The summed E-state index contributed by atoms with van der Waals surface area (Å²) in [5, 5.41) is 0. The number of carbonyl (C=O) groups is 1. The number of nitrogens with zero attached hydrogens (tertiary/aromatic N) is 1. The lowest BCUT2D eigenvalue weighted by Gasteiger charge is -2.34. The molecule has 4 atom stereocenters. The van der Waals surface area contributed by atoms with Crippen LogP contribution in [0.15, 0.2) is 23.1 Å². The Morgan fingerprint density at radius 3 is 2.56 bits per heavy atom. The van der Waals surface area contributed by atoms with Crippen LogP contribution in [0, 0.1) is 17.8 Å². The number of rotatable bonds is 4. The molecule has 2 fully saturated rings. The summed E-state index contributed by atoms with van der Waals surface area (Å²) in [6, 6.07) is 5.34. The summed E-state index contributed by atoms with van der Waals surface area (Å²) in [7, 11) is -3.55. The van der Waals surface area contributed by atoms with Gasteiger partial charge in [-0.2, -0.15) is 0 Å². The van der Waals surface area contributed by atoms with Gasteiger partial charge >= 0.3 is 0 Å². The third-order valence-electron chi connectivity index (χ3n) is 6.75. The maximum atomic E-state index is 13.0. The van der Waals surface area contributed by atoms with Crippen molar-refractivity contribution in [2.75, 3.05) is 4.90 Å². The number of nitrogens with one attached hydrogen (secondary N) is 1. The second kappa shape index (κ2) is 6.89. The smallest absolute Gasteiger partial charge is 0.240 e. The highest BCUT2D eigenvalue weighted by Crippen LogP contribution is 2.39. The maximum absolute atomic E-state index is 13.0. The minimum Gasteiger partial charge on any atom is -0.309 e. The highest BCUT2D eigenvalue weighted by molar-refractivity contribution is 7.89. The summed E-state index contributed by atoms with van der Waals surface area (Å²) >= 11 is 0. The molecule has 0 unspecified atom stereocenters. The van der Waals surface area contributed by atoms with Crippen LogP contribution in [0.2, 0.25) is 0 Å². The van der Waals surface area contributed by atoms with Gasteiger partial charge in [-0.25, -0.2) is 13.1 Å². The van der Waals surface area contributed by atoms with Crippen molar-refractivity contribution >= 4 is 21.6 Å². The molecule has 27 heavy (non-hydrogen) atoms. The lowest BCUT2D eigenvalue weighted by Crippen LogP contribution is -2.43. The fraction of sp³-hybridized carbons (Fsp3) is 0.667. The Balaban J connectivity index is 1.56. The van der Waals surface area contributed by atoms with Crippen molar-refractivity contribution in [2.45, 2.75) is 76.3 Å². The highest BCUT2D eigenvalue weighted by atomic mass is 32.2. The molecule has 6 heteroatoms. The third-order valence-corrected chi connectivity index (χ3v) is 8.24. The molecule has 4 rings (SSSR count). The van der Waals surface area contributed by atoms with Crippen molar-refractivity contribution < 1.29 is 13.2 Å². The molecule has 2 saturated carbocycles. The standard InChI is InChI=1S/C21H30N2O3S/c1-13-5-4-6-19(15(13)3)22-27(25,26)18-9-10-20-17(12-18)11-14(2)23(20)21(24)16-7-8-16/h9-10,12-16,19,22H,4-8,11H2,1-3H3/t13-,14-,15+,19+/m1/s1. The number of benzene rings is 1. The average Bonchev–Trinajstić information content (AvgIpc) is 3.40. The molecule has 1 N–H and O–H groups in total. The molecule has 0 bridgehead atoms. The highest BCUT2D eigenvalue weighted by Gasteiger charge is 2.40. The normalized spacial score (nSPS) is 31.0. The van der Waals surface area contributed by atoms with Gasteiger partial charge in [-0.3, -0.25) is 4.79 Å². The maximum Gasteiger partial charge on any atom is 0.240 e. The van der Waals surface area contributed by atoms with Crippen LogP contribution in [0.3, 0.4) is 0 Å². The van der Waals surface area contributed by atoms with Crippen LogP contribution in [0.1, 0.15) is 58.4 Å². The number of fused-ring (bicyclic) bond motifs is 1. The van der Waals surface area contributed by atoms with Gasteiger partial charge in [-0.05, 0) is 68.2 Å². The Kier molecular flexibility index (Phi) is 4.83. The third kappa shape index (κ3) is 3.54. The van der Waals surface area contributed by atoms with Gasteiger partial charge in [-0.15, -0.1) is 0 Å². The molecule has 0 aromatic heterocycles. The van der Waals surface area contributed by atoms with Crippen molar-refractivity contribution in [2.24, 2.45) is 17.8 Å². The van der Waals surface area contributed by atoms with E-state index in [0.29, 0.717) is 23.2 Å². The molecule has 1 aromatic carbocycles. The summed E-state index contributed by atoms with van der Waals surface area (Å²) in [6.45, 7) is 6.38. The molecule has 1 aliphatic heterocycles. The number of hydrogen-bond acceptors (Lipinski definition) is 3. The first-order valence-corrected chi connectivity index (χ1v) is 11.7. The molecule has 0 radical (unpaired) electrons. The average molecular weight is 391 g/mol. The van der Waals surface area contributed by atoms with Crippen LogP contribution in [0.4, 0.5) is 5.69 Å². The lowest BCUT2D eigenvalue weighted by atomic mass is 9.78. The van der Waals surface area contributed by atoms with Gasteiger partial charge in [0.2, 0.25) is 15.9 Å². The largest absolute Gasteiger partial charge is 0.309 e. The van der Waals surface area contributed by atoms with Gasteiger partial charge in [-0.1, -0.05) is 26.7 Å². The van der Waals surface area contributed by atoms with Gasteiger partial charge in [0, 0.05) is 23.7 Å².